The van der Waals surface area contributed by atoms with Crippen molar-refractivity contribution in [3.05, 3.63) is 59.1 Å². The van der Waals surface area contributed by atoms with Gasteiger partial charge in [0.05, 0.1) is 25.4 Å². The number of ether oxygens (including phenoxy) is 3. The number of aryl methyl sites for hydroxylation is 2. The quantitative estimate of drug-likeness (QED) is 0.0218. The highest BCUT2D eigenvalue weighted by atomic mass is 31.2. The van der Waals surface area contributed by atoms with E-state index in [4.69, 9.17) is 33.4 Å². The van der Waals surface area contributed by atoms with E-state index < -0.39 is 32.5 Å². The van der Waals surface area contributed by atoms with Crippen LogP contribution in [0.15, 0.2) is 40.9 Å². The molecule has 0 aliphatic carbocycles. The number of epoxide rings is 1. The summed E-state index contributed by atoms with van der Waals surface area (Å²) in [7, 11) is -4.41. The summed E-state index contributed by atoms with van der Waals surface area (Å²) in [6.45, 7) is 7.86. The third-order valence-electron chi connectivity index (χ3n) is 10.2. The van der Waals surface area contributed by atoms with E-state index in [1.165, 1.54) is 56.1 Å². The number of furan rings is 1. The maximum Gasteiger partial charge on any atom is 0.472 e. The van der Waals surface area contributed by atoms with Gasteiger partial charge in [-0.1, -0.05) is 108 Å². The number of phosphoric acid groups is 1. The van der Waals surface area contributed by atoms with Gasteiger partial charge in [-0.3, -0.25) is 18.6 Å². The lowest BCUT2D eigenvalue weighted by Crippen LogP contribution is -2.29. The Morgan fingerprint density at radius 1 is 0.737 bits per heavy atom. The van der Waals surface area contributed by atoms with E-state index in [2.05, 4.69) is 58.1 Å². The first kappa shape index (κ1) is 50.6. The topological polar surface area (TPSA) is 160 Å². The Bertz CT molecular complexity index is 1370. The van der Waals surface area contributed by atoms with Crippen LogP contribution in [-0.2, 0) is 50.3 Å². The lowest BCUT2D eigenvalue weighted by atomic mass is 10.0. The highest BCUT2D eigenvalue weighted by molar-refractivity contribution is 7.47. The number of rotatable bonds is 36. The van der Waals surface area contributed by atoms with Gasteiger partial charge in [0.25, 0.3) is 0 Å². The van der Waals surface area contributed by atoms with Crippen molar-refractivity contribution in [1.29, 1.82) is 0 Å². The van der Waals surface area contributed by atoms with Gasteiger partial charge in [-0.25, -0.2) is 4.57 Å². The first-order chi connectivity index (χ1) is 27.6. The van der Waals surface area contributed by atoms with E-state index >= 15 is 0 Å². The zero-order valence-electron chi connectivity index (χ0n) is 35.7. The lowest BCUT2D eigenvalue weighted by Gasteiger charge is -2.19. The molecule has 12 heteroatoms. The molecular formula is C45H76NO10P. The minimum atomic E-state index is -4.41. The average Bonchev–Trinajstić information content (AvgIpc) is 3.89. The molecule has 2 heterocycles. The second kappa shape index (κ2) is 31.4. The van der Waals surface area contributed by atoms with E-state index in [0.717, 1.165) is 82.1 Å². The number of allylic oxidation sites excluding steroid dienone is 5. The van der Waals surface area contributed by atoms with Crippen LogP contribution < -0.4 is 5.73 Å². The molecule has 11 nitrogen and oxygen atoms in total. The van der Waals surface area contributed by atoms with Crippen molar-refractivity contribution in [2.45, 2.75) is 187 Å². The van der Waals surface area contributed by atoms with Crippen LogP contribution in [0.3, 0.4) is 0 Å². The zero-order valence-corrected chi connectivity index (χ0v) is 36.6. The molecule has 1 aromatic rings. The number of esters is 2. The van der Waals surface area contributed by atoms with Gasteiger partial charge in [-0.2, -0.15) is 0 Å². The van der Waals surface area contributed by atoms with E-state index in [-0.39, 0.29) is 32.6 Å². The van der Waals surface area contributed by atoms with E-state index in [0.29, 0.717) is 25.0 Å². The van der Waals surface area contributed by atoms with Crippen LogP contribution in [0.1, 0.15) is 165 Å². The summed E-state index contributed by atoms with van der Waals surface area (Å²) < 4.78 is 44.7. The maximum atomic E-state index is 12.7. The van der Waals surface area contributed by atoms with Crippen LogP contribution in [0, 0.1) is 13.8 Å². The van der Waals surface area contributed by atoms with Crippen molar-refractivity contribution < 1.29 is 46.7 Å². The van der Waals surface area contributed by atoms with Crippen molar-refractivity contribution >= 4 is 19.8 Å². The number of phosphoric ester groups is 1. The predicted octanol–water partition coefficient (Wildman–Crippen LogP) is 10.8. The molecule has 1 fully saturated rings. The average molecular weight is 822 g/mol. The molecule has 1 saturated heterocycles. The molecule has 326 valence electrons. The molecule has 0 amide bonds. The van der Waals surface area contributed by atoms with E-state index in [1.54, 1.807) is 0 Å². The molecule has 1 aromatic heterocycles. The fourth-order valence-electron chi connectivity index (χ4n) is 6.49. The lowest BCUT2D eigenvalue weighted by molar-refractivity contribution is -0.161. The summed E-state index contributed by atoms with van der Waals surface area (Å²) in [5, 5.41) is 0. The van der Waals surface area contributed by atoms with Crippen LogP contribution in [0.5, 0.6) is 0 Å². The second-order valence-corrected chi connectivity index (χ2v) is 16.6. The summed E-state index contributed by atoms with van der Waals surface area (Å²) in [6, 6.07) is 0. The van der Waals surface area contributed by atoms with Crippen molar-refractivity contribution in [3.63, 3.8) is 0 Å². The van der Waals surface area contributed by atoms with Crippen LogP contribution in [-0.4, -0.2) is 61.5 Å². The Balaban J connectivity index is 1.61. The molecule has 0 spiro atoms. The van der Waals surface area contributed by atoms with Crippen LogP contribution in [0.2, 0.25) is 0 Å². The van der Waals surface area contributed by atoms with Gasteiger partial charge in [-0.15, -0.1) is 0 Å². The smallest absolute Gasteiger partial charge is 0.466 e. The number of carbonyl (C=O) groups excluding carboxylic acids is 2. The first-order valence-electron chi connectivity index (χ1n) is 21.9. The molecule has 0 radical (unpaired) electrons. The van der Waals surface area contributed by atoms with Gasteiger partial charge in [0, 0.05) is 32.2 Å². The highest BCUT2D eigenvalue weighted by Gasteiger charge is 2.36. The Labute approximate surface area is 344 Å². The number of nitrogens with two attached hydrogens (primary N) is 1. The van der Waals surface area contributed by atoms with Gasteiger partial charge < -0.3 is 29.3 Å². The molecule has 2 rings (SSSR count). The molecule has 4 atom stereocenters. The standard InChI is InChI=1S/C45H76NO10P/c1-5-7-21-27-40-37(3)38(4)41(55-40)28-23-17-15-16-20-26-32-45(48)54-39(36-53-57(49,50)52-34-33-46)35-51-44(47)31-25-19-14-12-10-9-11-13-18-24-30-43-42(56-43)29-22-8-6-2/h9,11-12,14,18,24,39,42-43H,5-8,10,13,15-17,19-23,25-36,46H2,1-4H3,(H,49,50)/b11-9-,14-12-,24-18-/t39-,42?,43?/m1/s1. The molecule has 0 aromatic carbocycles. The molecule has 1 aliphatic heterocycles. The first-order valence-corrected chi connectivity index (χ1v) is 23.4. The SMILES string of the molecule is CCCCCc1oc(CCCCCCCCC(=O)O[C@H](COC(=O)CCC/C=C\C/C=C\C/C=C\CC2OC2CCCCC)COP(=O)(O)OCCN)c(C)c1C. The summed E-state index contributed by atoms with van der Waals surface area (Å²) in [6.07, 6.45) is 33.3. The van der Waals surface area contributed by atoms with Crippen LogP contribution in [0.25, 0.3) is 0 Å². The number of carbonyl (C=O) groups is 2. The van der Waals surface area contributed by atoms with Crippen LogP contribution in [0.4, 0.5) is 0 Å². The fourth-order valence-corrected chi connectivity index (χ4v) is 7.25. The van der Waals surface area contributed by atoms with Gasteiger partial charge in [-0.05, 0) is 82.8 Å². The molecule has 0 bridgehead atoms. The minimum absolute atomic E-state index is 0.0350. The monoisotopic (exact) mass is 822 g/mol. The molecule has 3 unspecified atom stereocenters. The maximum absolute atomic E-state index is 12.7. The third-order valence-corrected chi connectivity index (χ3v) is 11.1. The summed E-state index contributed by atoms with van der Waals surface area (Å²) >= 11 is 0. The van der Waals surface area contributed by atoms with Crippen molar-refractivity contribution in [3.8, 4) is 0 Å². The molecule has 3 N–H and O–H groups in total. The Morgan fingerprint density at radius 2 is 1.33 bits per heavy atom. The highest BCUT2D eigenvalue weighted by Crippen LogP contribution is 2.43. The van der Waals surface area contributed by atoms with Gasteiger partial charge in [0.15, 0.2) is 6.10 Å². The second-order valence-electron chi connectivity index (χ2n) is 15.2. The largest absolute Gasteiger partial charge is 0.472 e. The Morgan fingerprint density at radius 3 is 2.02 bits per heavy atom. The fraction of sp³-hybridized carbons (Fsp3) is 0.733. The molecule has 1 aliphatic rings. The van der Waals surface area contributed by atoms with Crippen molar-refractivity contribution in [1.82, 2.24) is 0 Å². The number of hydrogen-bond acceptors (Lipinski definition) is 10. The minimum Gasteiger partial charge on any atom is -0.466 e. The number of hydrogen-bond donors (Lipinski definition) is 2. The van der Waals surface area contributed by atoms with E-state index in [1.807, 2.05) is 6.08 Å². The van der Waals surface area contributed by atoms with Crippen LogP contribution >= 0.6 is 7.82 Å². The van der Waals surface area contributed by atoms with E-state index in [9.17, 15) is 19.0 Å². The van der Waals surface area contributed by atoms with Gasteiger partial charge in [0.1, 0.15) is 18.1 Å². The number of unbranched alkanes of at least 4 members (excludes halogenated alkanes) is 10. The molecule has 0 saturated carbocycles. The summed E-state index contributed by atoms with van der Waals surface area (Å²) in [5.41, 5.74) is 7.94. The summed E-state index contributed by atoms with van der Waals surface area (Å²) in [4.78, 5) is 35.0. The van der Waals surface area contributed by atoms with Crippen molar-refractivity contribution in [2.24, 2.45) is 5.73 Å². The Kier molecular flexibility index (Phi) is 27.9. The molecule has 57 heavy (non-hydrogen) atoms. The normalized spacial score (nSPS) is 17.2. The zero-order chi connectivity index (χ0) is 41.6. The third kappa shape index (κ3) is 24.9. The van der Waals surface area contributed by atoms with Gasteiger partial charge in [0.2, 0.25) is 0 Å². The Hall–Kier alpha value is -2.53. The summed E-state index contributed by atoms with van der Waals surface area (Å²) in [5.74, 6) is 1.33. The molecular weight excluding hydrogens is 745 g/mol. The van der Waals surface area contributed by atoms with Crippen molar-refractivity contribution in [2.75, 3.05) is 26.4 Å². The predicted molar refractivity (Wildman–Crippen MR) is 227 cm³/mol. The van der Waals surface area contributed by atoms with Gasteiger partial charge >= 0.3 is 19.8 Å².